The number of unbranched alkanes of at least 4 members (excludes halogenated alkanes) is 1. The number of hydrogen-bond donors (Lipinski definition) is 2. The van der Waals surface area contributed by atoms with Crippen LogP contribution in [0.25, 0.3) is 0 Å². The number of thioether (sulfide) groups is 1. The van der Waals surface area contributed by atoms with Crippen LogP contribution in [0.2, 0.25) is 0 Å². The smallest absolute Gasteiger partial charge is 0.0905 e. The third-order valence-electron chi connectivity index (χ3n) is 1.79. The molecule has 0 bridgehead atoms. The van der Waals surface area contributed by atoms with Gasteiger partial charge >= 0.3 is 0 Å². The molecule has 0 atom stereocenters. The van der Waals surface area contributed by atoms with Crippen LogP contribution in [0.1, 0.15) is 19.3 Å². The van der Waals surface area contributed by atoms with E-state index < -0.39 is 0 Å². The molecule has 0 radical (unpaired) electrons. The van der Waals surface area contributed by atoms with Crippen LogP contribution in [-0.2, 0) is 7.05 Å². The van der Waals surface area contributed by atoms with Crippen molar-refractivity contribution in [2.24, 2.45) is 12.8 Å². The highest BCUT2D eigenvalue weighted by atomic mass is 32.2. The normalized spacial score (nSPS) is 10.4. The predicted molar refractivity (Wildman–Crippen MR) is 59.7 cm³/mol. The molecule has 3 N–H and O–H groups in total. The van der Waals surface area contributed by atoms with Crippen molar-refractivity contribution in [3.63, 3.8) is 0 Å². The van der Waals surface area contributed by atoms with Crippen molar-refractivity contribution in [2.45, 2.75) is 24.2 Å². The summed E-state index contributed by atoms with van der Waals surface area (Å²) in [5.41, 5.74) is 5.25. The summed E-state index contributed by atoms with van der Waals surface area (Å²) in [5, 5.41) is 11.1. The quantitative estimate of drug-likeness (QED) is 0.326. The highest BCUT2D eigenvalue weighted by Gasteiger charge is 1.97. The van der Waals surface area contributed by atoms with Crippen LogP contribution in [0.4, 0.5) is 0 Å². The van der Waals surface area contributed by atoms with Gasteiger partial charge in [0.25, 0.3) is 0 Å². The van der Waals surface area contributed by atoms with Crippen LogP contribution in [0.15, 0.2) is 17.3 Å². The van der Waals surface area contributed by atoms with Crippen molar-refractivity contribution < 1.29 is 0 Å². The second-order valence-electron chi connectivity index (χ2n) is 3.18. The number of nitrogens with one attached hydrogen (secondary N) is 1. The van der Waals surface area contributed by atoms with E-state index in [1.165, 1.54) is 4.90 Å². The van der Waals surface area contributed by atoms with Crippen molar-refractivity contribution in [1.82, 2.24) is 9.78 Å². The lowest BCUT2D eigenvalue weighted by Gasteiger charge is -1.98. The molecular formula is C9H16N4S. The molecule has 0 fully saturated rings. The summed E-state index contributed by atoms with van der Waals surface area (Å²) >= 11 is 1.80. The fourth-order valence-corrected chi connectivity index (χ4v) is 2.01. The van der Waals surface area contributed by atoms with Crippen LogP contribution in [0.5, 0.6) is 0 Å². The van der Waals surface area contributed by atoms with Crippen LogP contribution in [-0.4, -0.2) is 21.4 Å². The molecule has 0 aliphatic rings. The Morgan fingerprint density at radius 1 is 1.64 bits per heavy atom. The Hall–Kier alpha value is -0.970. The van der Waals surface area contributed by atoms with Gasteiger partial charge in [0.2, 0.25) is 0 Å². The zero-order valence-electron chi connectivity index (χ0n) is 8.36. The van der Waals surface area contributed by atoms with Crippen LogP contribution >= 0.6 is 11.8 Å². The number of aryl methyl sites for hydroxylation is 1. The first-order valence-corrected chi connectivity index (χ1v) is 5.61. The standard InChI is InChI=1S/C9H16N4S/c1-13-7-8(6-12-13)14-5-3-2-4-9(10)11/h6-7H,2-5H2,1H3,(H3,10,11). The van der Waals surface area contributed by atoms with E-state index in [1.807, 2.05) is 19.4 Å². The Kier molecular flexibility index (Phi) is 4.52. The molecule has 1 rings (SSSR count). The first-order valence-electron chi connectivity index (χ1n) is 4.63. The minimum atomic E-state index is 0.288. The summed E-state index contributed by atoms with van der Waals surface area (Å²) in [6, 6.07) is 0. The Morgan fingerprint density at radius 3 is 3.00 bits per heavy atom. The molecular weight excluding hydrogens is 196 g/mol. The van der Waals surface area contributed by atoms with Crippen molar-refractivity contribution in [3.8, 4) is 0 Å². The lowest BCUT2D eigenvalue weighted by atomic mass is 10.2. The number of amidine groups is 1. The molecule has 0 unspecified atom stereocenters. The summed E-state index contributed by atoms with van der Waals surface area (Å²) in [4.78, 5) is 1.20. The van der Waals surface area contributed by atoms with Crippen LogP contribution < -0.4 is 5.73 Å². The number of rotatable bonds is 6. The molecule has 0 amide bonds. The predicted octanol–water partition coefficient (Wildman–Crippen LogP) is 1.62. The number of hydrogen-bond acceptors (Lipinski definition) is 3. The average Bonchev–Trinajstić information content (AvgIpc) is 2.50. The molecule has 4 nitrogen and oxygen atoms in total. The number of aromatic nitrogens is 2. The zero-order valence-corrected chi connectivity index (χ0v) is 9.18. The van der Waals surface area contributed by atoms with E-state index in [1.54, 1.807) is 16.4 Å². The van der Waals surface area contributed by atoms with E-state index >= 15 is 0 Å². The molecule has 0 aliphatic heterocycles. The van der Waals surface area contributed by atoms with Gasteiger partial charge in [0.1, 0.15) is 0 Å². The fraction of sp³-hybridized carbons (Fsp3) is 0.556. The molecule has 5 heteroatoms. The van der Waals surface area contributed by atoms with E-state index in [0.717, 1.165) is 18.6 Å². The summed E-state index contributed by atoms with van der Waals surface area (Å²) in [6.45, 7) is 0. The lowest BCUT2D eigenvalue weighted by molar-refractivity contribution is 0.766. The maximum Gasteiger partial charge on any atom is 0.0905 e. The van der Waals surface area contributed by atoms with Gasteiger partial charge in [-0.25, -0.2) is 0 Å². The Balaban J connectivity index is 2.07. The third kappa shape index (κ3) is 4.32. The third-order valence-corrected chi connectivity index (χ3v) is 2.83. The van der Waals surface area contributed by atoms with Gasteiger partial charge in [-0.2, -0.15) is 5.10 Å². The Labute approximate surface area is 88.4 Å². The topological polar surface area (TPSA) is 67.7 Å². The van der Waals surface area contributed by atoms with Gasteiger partial charge in [0.15, 0.2) is 0 Å². The molecule has 0 saturated carbocycles. The van der Waals surface area contributed by atoms with Gasteiger partial charge in [0.05, 0.1) is 12.0 Å². The second kappa shape index (κ2) is 5.70. The van der Waals surface area contributed by atoms with E-state index in [0.29, 0.717) is 6.42 Å². The minimum Gasteiger partial charge on any atom is -0.388 e. The molecule has 1 heterocycles. The largest absolute Gasteiger partial charge is 0.388 e. The van der Waals surface area contributed by atoms with E-state index in [9.17, 15) is 0 Å². The molecule has 78 valence electrons. The summed E-state index contributed by atoms with van der Waals surface area (Å²) < 4.78 is 1.80. The first kappa shape index (κ1) is 11.1. The van der Waals surface area contributed by atoms with Gasteiger partial charge in [-0.3, -0.25) is 10.1 Å². The number of nitrogens with two attached hydrogens (primary N) is 1. The molecule has 0 aromatic carbocycles. The maximum absolute atomic E-state index is 7.05. The Morgan fingerprint density at radius 2 is 2.43 bits per heavy atom. The van der Waals surface area contributed by atoms with Crippen molar-refractivity contribution in [2.75, 3.05) is 5.75 Å². The van der Waals surface area contributed by atoms with Crippen molar-refractivity contribution in [3.05, 3.63) is 12.4 Å². The maximum atomic E-state index is 7.05. The molecule has 0 spiro atoms. The van der Waals surface area contributed by atoms with E-state index in [-0.39, 0.29) is 5.84 Å². The Bertz CT molecular complexity index is 295. The molecule has 0 aliphatic carbocycles. The lowest BCUT2D eigenvalue weighted by Crippen LogP contribution is -2.08. The van der Waals surface area contributed by atoms with Gasteiger partial charge < -0.3 is 5.73 Å². The van der Waals surface area contributed by atoms with E-state index in [2.05, 4.69) is 5.10 Å². The van der Waals surface area contributed by atoms with Gasteiger partial charge in [0, 0.05) is 24.6 Å². The summed E-state index contributed by atoms with van der Waals surface area (Å²) in [5.74, 6) is 1.36. The highest BCUT2D eigenvalue weighted by Crippen LogP contribution is 2.17. The summed E-state index contributed by atoms with van der Waals surface area (Å²) in [7, 11) is 1.92. The molecule has 14 heavy (non-hydrogen) atoms. The fourth-order valence-electron chi connectivity index (χ4n) is 1.08. The zero-order chi connectivity index (χ0) is 10.4. The SMILES string of the molecule is Cn1cc(SCCCCC(=N)N)cn1. The summed E-state index contributed by atoms with van der Waals surface area (Å²) in [6.07, 6.45) is 6.70. The molecule has 1 aromatic rings. The van der Waals surface area contributed by atoms with E-state index in [4.69, 9.17) is 11.1 Å². The monoisotopic (exact) mass is 212 g/mol. The van der Waals surface area contributed by atoms with Crippen LogP contribution in [0.3, 0.4) is 0 Å². The van der Waals surface area contributed by atoms with Crippen LogP contribution in [0, 0.1) is 5.41 Å². The number of nitrogens with zero attached hydrogens (tertiary/aromatic N) is 2. The first-order chi connectivity index (χ1) is 6.68. The van der Waals surface area contributed by atoms with Gasteiger partial charge in [-0.1, -0.05) is 0 Å². The van der Waals surface area contributed by atoms with Crippen molar-refractivity contribution >= 4 is 17.6 Å². The average molecular weight is 212 g/mol. The molecule has 1 aromatic heterocycles. The molecule has 0 saturated heterocycles. The van der Waals surface area contributed by atoms with Gasteiger partial charge in [-0.15, -0.1) is 11.8 Å². The highest BCUT2D eigenvalue weighted by molar-refractivity contribution is 7.99. The van der Waals surface area contributed by atoms with Crippen molar-refractivity contribution in [1.29, 1.82) is 5.41 Å². The minimum absolute atomic E-state index is 0.288. The van der Waals surface area contributed by atoms with Gasteiger partial charge in [-0.05, 0) is 18.6 Å². The second-order valence-corrected chi connectivity index (χ2v) is 4.35.